The predicted molar refractivity (Wildman–Crippen MR) is 49.1 cm³/mol. The number of nitrogens with zero attached hydrogens (tertiary/aromatic N) is 3. The number of fused-ring (bicyclic) bond motifs is 1. The lowest BCUT2D eigenvalue weighted by Crippen LogP contribution is -2.22. The van der Waals surface area contributed by atoms with Gasteiger partial charge >= 0.3 is 5.97 Å². The highest BCUT2D eigenvalue weighted by atomic mass is 35.5. The number of rotatable bonds is 2. The van der Waals surface area contributed by atoms with Gasteiger partial charge in [0.05, 0.1) is 0 Å². The summed E-state index contributed by atoms with van der Waals surface area (Å²) in [6, 6.07) is 0. The zero-order chi connectivity index (χ0) is 10.1. The summed E-state index contributed by atoms with van der Waals surface area (Å²) in [6.45, 7) is 0.619. The van der Waals surface area contributed by atoms with Crippen molar-refractivity contribution in [3.05, 3.63) is 11.1 Å². The van der Waals surface area contributed by atoms with Gasteiger partial charge < -0.3 is 9.67 Å². The lowest BCUT2D eigenvalue weighted by Gasteiger charge is -2.21. The standard InChI is InChI=1S/C8H10ClN3O2/c9-8-11-10-6-2-1-5(3-7(13)14)4-12(6)8/h5H,1-4H2,(H,13,14). The number of hydrogen-bond acceptors (Lipinski definition) is 3. The smallest absolute Gasteiger partial charge is 0.303 e. The third kappa shape index (κ3) is 1.72. The average molecular weight is 216 g/mol. The fourth-order valence-electron chi connectivity index (χ4n) is 1.78. The number of aromatic nitrogens is 3. The molecule has 6 heteroatoms. The minimum absolute atomic E-state index is 0.147. The quantitative estimate of drug-likeness (QED) is 0.798. The van der Waals surface area contributed by atoms with Crippen LogP contribution in [-0.4, -0.2) is 25.8 Å². The van der Waals surface area contributed by atoms with Crippen LogP contribution in [-0.2, 0) is 17.8 Å². The van der Waals surface area contributed by atoms with Crippen LogP contribution in [0.1, 0.15) is 18.7 Å². The molecule has 5 nitrogen and oxygen atoms in total. The average Bonchev–Trinajstić information content (AvgIpc) is 2.47. The van der Waals surface area contributed by atoms with Crippen LogP contribution in [0.4, 0.5) is 0 Å². The summed E-state index contributed by atoms with van der Waals surface area (Å²) in [4.78, 5) is 10.5. The van der Waals surface area contributed by atoms with Gasteiger partial charge in [-0.3, -0.25) is 4.79 Å². The molecule has 2 heterocycles. The van der Waals surface area contributed by atoms with Crippen LogP contribution in [0.25, 0.3) is 0 Å². The molecule has 1 aromatic rings. The highest BCUT2D eigenvalue weighted by molar-refractivity contribution is 6.28. The highest BCUT2D eigenvalue weighted by Crippen LogP contribution is 2.24. The fourth-order valence-corrected chi connectivity index (χ4v) is 1.98. The summed E-state index contributed by atoms with van der Waals surface area (Å²) in [5.41, 5.74) is 0. The summed E-state index contributed by atoms with van der Waals surface area (Å²) in [7, 11) is 0. The van der Waals surface area contributed by atoms with Gasteiger partial charge in [-0.1, -0.05) is 0 Å². The Morgan fingerprint density at radius 2 is 2.43 bits per heavy atom. The molecule has 0 saturated heterocycles. The predicted octanol–water partition coefficient (Wildman–Crippen LogP) is 0.969. The van der Waals surface area contributed by atoms with Crippen molar-refractivity contribution in [3.63, 3.8) is 0 Å². The summed E-state index contributed by atoms with van der Waals surface area (Å²) in [5.74, 6) is 0.243. The molecule has 0 radical (unpaired) electrons. The molecule has 0 fully saturated rings. The molecule has 0 saturated carbocycles. The molecular formula is C8H10ClN3O2. The van der Waals surface area contributed by atoms with Crippen molar-refractivity contribution in [2.24, 2.45) is 5.92 Å². The van der Waals surface area contributed by atoms with Gasteiger partial charge in [-0.2, -0.15) is 0 Å². The first-order valence-corrected chi connectivity index (χ1v) is 4.84. The van der Waals surface area contributed by atoms with Gasteiger partial charge in [0.2, 0.25) is 5.28 Å². The topological polar surface area (TPSA) is 68.0 Å². The van der Waals surface area contributed by atoms with Crippen molar-refractivity contribution in [3.8, 4) is 0 Å². The molecule has 0 spiro atoms. The summed E-state index contributed by atoms with van der Waals surface area (Å²) >= 11 is 5.80. The van der Waals surface area contributed by atoms with Crippen LogP contribution < -0.4 is 0 Å². The van der Waals surface area contributed by atoms with E-state index in [1.807, 2.05) is 0 Å². The first-order chi connectivity index (χ1) is 6.66. The van der Waals surface area contributed by atoms with E-state index in [9.17, 15) is 4.79 Å². The van der Waals surface area contributed by atoms with E-state index in [1.54, 1.807) is 4.57 Å². The van der Waals surface area contributed by atoms with Gasteiger partial charge in [0.15, 0.2) is 0 Å². The molecule has 2 rings (SSSR count). The number of aryl methyl sites for hydroxylation is 1. The lowest BCUT2D eigenvalue weighted by molar-refractivity contribution is -0.138. The normalized spacial score (nSPS) is 20.5. The minimum Gasteiger partial charge on any atom is -0.481 e. The van der Waals surface area contributed by atoms with E-state index in [4.69, 9.17) is 16.7 Å². The molecule has 1 N–H and O–H groups in total. The number of carboxylic acid groups (broad SMARTS) is 1. The second kappa shape index (κ2) is 3.57. The largest absolute Gasteiger partial charge is 0.481 e. The maximum Gasteiger partial charge on any atom is 0.303 e. The number of halogens is 1. The van der Waals surface area contributed by atoms with Crippen molar-refractivity contribution < 1.29 is 9.90 Å². The van der Waals surface area contributed by atoms with E-state index >= 15 is 0 Å². The lowest BCUT2D eigenvalue weighted by atomic mass is 9.96. The minimum atomic E-state index is -0.761. The van der Waals surface area contributed by atoms with Crippen LogP contribution in [0.3, 0.4) is 0 Å². The Labute approximate surface area is 85.7 Å². The Kier molecular flexibility index (Phi) is 2.41. The van der Waals surface area contributed by atoms with Crippen molar-refractivity contribution in [2.45, 2.75) is 25.8 Å². The summed E-state index contributed by atoms with van der Waals surface area (Å²) < 4.78 is 1.79. The van der Waals surface area contributed by atoms with Crippen LogP contribution in [0.2, 0.25) is 5.28 Å². The van der Waals surface area contributed by atoms with Gasteiger partial charge in [0.1, 0.15) is 5.82 Å². The molecule has 0 amide bonds. The number of carboxylic acids is 1. The summed E-state index contributed by atoms with van der Waals surface area (Å²) in [6.07, 6.45) is 1.80. The van der Waals surface area contributed by atoms with E-state index in [0.29, 0.717) is 11.8 Å². The number of hydrogen-bond donors (Lipinski definition) is 1. The van der Waals surface area contributed by atoms with E-state index in [2.05, 4.69) is 10.2 Å². The van der Waals surface area contributed by atoms with Crippen LogP contribution in [0, 0.1) is 5.92 Å². The first-order valence-electron chi connectivity index (χ1n) is 4.46. The Bertz CT molecular complexity index is 363. The van der Waals surface area contributed by atoms with E-state index < -0.39 is 5.97 Å². The monoisotopic (exact) mass is 215 g/mol. The van der Waals surface area contributed by atoms with Gasteiger partial charge in [-0.05, 0) is 23.9 Å². The van der Waals surface area contributed by atoms with Crippen LogP contribution >= 0.6 is 11.6 Å². The molecule has 0 aliphatic carbocycles. The zero-order valence-electron chi connectivity index (χ0n) is 7.48. The second-order valence-corrected chi connectivity index (χ2v) is 3.84. The van der Waals surface area contributed by atoms with E-state index in [1.165, 1.54) is 0 Å². The zero-order valence-corrected chi connectivity index (χ0v) is 8.24. The second-order valence-electron chi connectivity index (χ2n) is 3.50. The SMILES string of the molecule is O=C(O)CC1CCc2nnc(Cl)n2C1. The van der Waals surface area contributed by atoms with Gasteiger partial charge in [-0.15, -0.1) is 10.2 Å². The Balaban J connectivity index is 2.12. The molecule has 1 aliphatic rings. The Morgan fingerprint density at radius 1 is 1.64 bits per heavy atom. The fraction of sp³-hybridized carbons (Fsp3) is 0.625. The van der Waals surface area contributed by atoms with Gasteiger partial charge in [0.25, 0.3) is 0 Å². The number of carbonyl (C=O) groups is 1. The highest BCUT2D eigenvalue weighted by Gasteiger charge is 2.23. The molecule has 1 aromatic heterocycles. The molecule has 0 bridgehead atoms. The van der Waals surface area contributed by atoms with E-state index in [-0.39, 0.29) is 12.3 Å². The Morgan fingerprint density at radius 3 is 3.14 bits per heavy atom. The van der Waals surface area contributed by atoms with E-state index in [0.717, 1.165) is 18.7 Å². The van der Waals surface area contributed by atoms with Crippen molar-refractivity contribution in [2.75, 3.05) is 0 Å². The van der Waals surface area contributed by atoms with Crippen LogP contribution in [0.15, 0.2) is 0 Å². The van der Waals surface area contributed by atoms with Crippen molar-refractivity contribution in [1.29, 1.82) is 0 Å². The maximum atomic E-state index is 10.5. The third-order valence-corrected chi connectivity index (χ3v) is 2.74. The number of aliphatic carboxylic acids is 1. The van der Waals surface area contributed by atoms with Gasteiger partial charge in [0, 0.05) is 19.4 Å². The molecule has 0 aromatic carbocycles. The molecule has 1 unspecified atom stereocenters. The third-order valence-electron chi connectivity index (χ3n) is 2.46. The molecule has 76 valence electrons. The molecule has 1 aliphatic heterocycles. The summed E-state index contributed by atoms with van der Waals surface area (Å²) in [5, 5.41) is 16.7. The van der Waals surface area contributed by atoms with Crippen molar-refractivity contribution >= 4 is 17.6 Å². The van der Waals surface area contributed by atoms with Crippen molar-refractivity contribution in [1.82, 2.24) is 14.8 Å². The molecule has 1 atom stereocenters. The van der Waals surface area contributed by atoms with Gasteiger partial charge in [-0.25, -0.2) is 0 Å². The first kappa shape index (κ1) is 9.45. The molecule has 14 heavy (non-hydrogen) atoms. The van der Waals surface area contributed by atoms with Crippen LogP contribution in [0.5, 0.6) is 0 Å². The Hall–Kier alpha value is -1.10. The molecular weight excluding hydrogens is 206 g/mol. The maximum absolute atomic E-state index is 10.5.